The van der Waals surface area contributed by atoms with E-state index in [1.54, 1.807) is 19.1 Å². The molecule has 0 spiro atoms. The molecule has 0 aliphatic carbocycles. The molecule has 0 aliphatic heterocycles. The first-order chi connectivity index (χ1) is 14.8. The van der Waals surface area contributed by atoms with Gasteiger partial charge in [-0.05, 0) is 49.4 Å². The van der Waals surface area contributed by atoms with Gasteiger partial charge in [-0.1, -0.05) is 11.6 Å². The van der Waals surface area contributed by atoms with Crippen molar-refractivity contribution in [3.63, 3.8) is 0 Å². The van der Waals surface area contributed by atoms with Gasteiger partial charge in [-0.25, -0.2) is 13.2 Å². The van der Waals surface area contributed by atoms with E-state index in [1.807, 2.05) is 0 Å². The van der Waals surface area contributed by atoms with Crippen LogP contribution in [-0.2, 0) is 14.8 Å². The van der Waals surface area contributed by atoms with Crippen LogP contribution < -0.4 is 15.0 Å². The fourth-order valence-electron chi connectivity index (χ4n) is 3.09. The highest BCUT2D eigenvalue weighted by molar-refractivity contribution is 7.92. The summed E-state index contributed by atoms with van der Waals surface area (Å²) in [5.74, 6) is 0.0461. The number of hydrogen-bond acceptors (Lipinski definition) is 6. The Balaban J connectivity index is 1.83. The molecule has 0 radical (unpaired) electrons. The predicted octanol–water partition coefficient (Wildman–Crippen LogP) is 4.00. The molecule has 0 aliphatic rings. The Kier molecular flexibility index (Phi) is 5.34. The highest BCUT2D eigenvalue weighted by atomic mass is 35.5. The summed E-state index contributed by atoms with van der Waals surface area (Å²) in [6.45, 7) is 1.74. The standard InChI is InChI=1S/C20H16ClN3O6S/c1-2-29-20(26)30-16-10-22-18-17(16)14-9-13(7-8-15(14)23-19(18)25)31(27,28)24-12-5-3-11(21)4-6-12/h3-10,22,24H,2H2,1H3,(H,23,25). The third-order valence-corrected chi connectivity index (χ3v) is 6.07. The first kappa shape index (κ1) is 20.8. The number of rotatable bonds is 5. The average molecular weight is 462 g/mol. The number of sulfonamides is 1. The first-order valence-corrected chi connectivity index (χ1v) is 10.9. The van der Waals surface area contributed by atoms with Gasteiger partial charge in [-0.15, -0.1) is 0 Å². The van der Waals surface area contributed by atoms with Gasteiger partial charge in [0.25, 0.3) is 15.6 Å². The first-order valence-electron chi connectivity index (χ1n) is 9.08. The summed E-state index contributed by atoms with van der Waals surface area (Å²) in [4.78, 5) is 29.5. The van der Waals surface area contributed by atoms with Crippen molar-refractivity contribution in [2.24, 2.45) is 0 Å². The molecule has 160 valence electrons. The lowest BCUT2D eigenvalue weighted by Gasteiger charge is -2.10. The minimum atomic E-state index is -3.95. The lowest BCUT2D eigenvalue weighted by molar-refractivity contribution is 0.105. The van der Waals surface area contributed by atoms with Crippen LogP contribution in [0.15, 0.2) is 58.4 Å². The van der Waals surface area contributed by atoms with Crippen molar-refractivity contribution in [2.45, 2.75) is 11.8 Å². The minimum Gasteiger partial charge on any atom is -0.434 e. The monoisotopic (exact) mass is 461 g/mol. The Morgan fingerprint density at radius 3 is 2.61 bits per heavy atom. The molecule has 2 aromatic carbocycles. The van der Waals surface area contributed by atoms with E-state index < -0.39 is 21.7 Å². The summed E-state index contributed by atoms with van der Waals surface area (Å²) in [5, 5.41) is 1.10. The Morgan fingerprint density at radius 1 is 1.16 bits per heavy atom. The molecule has 2 heterocycles. The van der Waals surface area contributed by atoms with Crippen LogP contribution in [-0.4, -0.2) is 31.1 Å². The van der Waals surface area contributed by atoms with Gasteiger partial charge in [0.2, 0.25) is 0 Å². The van der Waals surface area contributed by atoms with Gasteiger partial charge in [0.1, 0.15) is 5.52 Å². The number of carbonyl (C=O) groups excluding carboxylic acids is 1. The van der Waals surface area contributed by atoms with Crippen molar-refractivity contribution >= 4 is 55.3 Å². The summed E-state index contributed by atoms with van der Waals surface area (Å²) < 4.78 is 38.2. The number of fused-ring (bicyclic) bond motifs is 3. The number of carbonyl (C=O) groups is 1. The molecule has 0 fully saturated rings. The van der Waals surface area contributed by atoms with Crippen LogP contribution in [0.1, 0.15) is 6.92 Å². The molecule has 3 N–H and O–H groups in total. The maximum atomic E-state index is 12.9. The summed E-state index contributed by atoms with van der Waals surface area (Å²) in [6.07, 6.45) is 0.397. The number of anilines is 1. The molecular weight excluding hydrogens is 446 g/mol. The number of halogens is 1. The van der Waals surface area contributed by atoms with E-state index in [0.717, 1.165) is 0 Å². The van der Waals surface area contributed by atoms with Gasteiger partial charge < -0.3 is 19.4 Å². The van der Waals surface area contributed by atoms with E-state index in [1.165, 1.54) is 36.5 Å². The maximum absolute atomic E-state index is 12.9. The normalized spacial score (nSPS) is 11.5. The van der Waals surface area contributed by atoms with Crippen molar-refractivity contribution in [3.05, 3.63) is 64.0 Å². The van der Waals surface area contributed by atoms with Crippen LogP contribution in [0.4, 0.5) is 10.5 Å². The topological polar surface area (TPSA) is 130 Å². The van der Waals surface area contributed by atoms with E-state index in [9.17, 15) is 18.0 Å². The van der Waals surface area contributed by atoms with Gasteiger partial charge in [-0.3, -0.25) is 9.52 Å². The highest BCUT2D eigenvalue weighted by Gasteiger charge is 2.20. The number of aromatic nitrogens is 2. The van der Waals surface area contributed by atoms with E-state index in [2.05, 4.69) is 14.7 Å². The zero-order valence-electron chi connectivity index (χ0n) is 16.1. The Morgan fingerprint density at radius 2 is 1.90 bits per heavy atom. The van der Waals surface area contributed by atoms with Gasteiger partial charge in [0.15, 0.2) is 5.75 Å². The second-order valence-corrected chi connectivity index (χ2v) is 8.58. The lowest BCUT2D eigenvalue weighted by atomic mass is 10.1. The quantitative estimate of drug-likeness (QED) is 0.385. The molecule has 4 rings (SSSR count). The third-order valence-electron chi connectivity index (χ3n) is 4.44. The molecule has 4 aromatic rings. The van der Waals surface area contributed by atoms with Crippen LogP contribution in [0, 0.1) is 0 Å². The van der Waals surface area contributed by atoms with Crippen molar-refractivity contribution in [1.82, 2.24) is 9.97 Å². The number of aromatic amines is 2. The van der Waals surface area contributed by atoms with Crippen LogP contribution in [0.25, 0.3) is 21.8 Å². The molecule has 2 aromatic heterocycles. The van der Waals surface area contributed by atoms with Crippen LogP contribution in [0.3, 0.4) is 0 Å². The number of hydrogen-bond donors (Lipinski definition) is 3. The second-order valence-electron chi connectivity index (χ2n) is 6.46. The minimum absolute atomic E-state index is 0.0461. The molecular formula is C20H16ClN3O6S. The van der Waals surface area contributed by atoms with E-state index in [-0.39, 0.29) is 28.2 Å². The largest absolute Gasteiger partial charge is 0.513 e. The number of benzene rings is 2. The molecule has 31 heavy (non-hydrogen) atoms. The summed E-state index contributed by atoms with van der Waals surface area (Å²) in [6, 6.07) is 10.4. The molecule has 9 nitrogen and oxygen atoms in total. The zero-order valence-corrected chi connectivity index (χ0v) is 17.6. The van der Waals surface area contributed by atoms with Crippen LogP contribution >= 0.6 is 11.6 Å². The number of H-pyrrole nitrogens is 2. The number of pyridine rings is 1. The zero-order chi connectivity index (χ0) is 22.2. The highest BCUT2D eigenvalue weighted by Crippen LogP contribution is 2.32. The predicted molar refractivity (Wildman–Crippen MR) is 116 cm³/mol. The molecule has 0 amide bonds. The lowest BCUT2D eigenvalue weighted by Crippen LogP contribution is -2.13. The second kappa shape index (κ2) is 7.97. The Labute approximate surface area is 181 Å². The summed E-state index contributed by atoms with van der Waals surface area (Å²) >= 11 is 5.84. The fraction of sp³-hybridized carbons (Fsp3) is 0.100. The van der Waals surface area contributed by atoms with Crippen molar-refractivity contribution < 1.29 is 22.7 Å². The number of ether oxygens (including phenoxy) is 2. The van der Waals surface area contributed by atoms with E-state index in [0.29, 0.717) is 21.6 Å². The van der Waals surface area contributed by atoms with E-state index in [4.69, 9.17) is 21.1 Å². The van der Waals surface area contributed by atoms with Crippen molar-refractivity contribution in [2.75, 3.05) is 11.3 Å². The molecule has 0 atom stereocenters. The van der Waals surface area contributed by atoms with Gasteiger partial charge in [0, 0.05) is 27.8 Å². The van der Waals surface area contributed by atoms with Gasteiger partial charge >= 0.3 is 6.16 Å². The molecule has 11 heteroatoms. The molecule has 0 saturated carbocycles. The van der Waals surface area contributed by atoms with Gasteiger partial charge in [0.05, 0.1) is 16.9 Å². The average Bonchev–Trinajstić information content (AvgIpc) is 3.14. The van der Waals surface area contributed by atoms with Crippen LogP contribution in [0.5, 0.6) is 5.75 Å². The maximum Gasteiger partial charge on any atom is 0.513 e. The van der Waals surface area contributed by atoms with Crippen LogP contribution in [0.2, 0.25) is 5.02 Å². The van der Waals surface area contributed by atoms with Crippen molar-refractivity contribution in [3.8, 4) is 5.75 Å². The third kappa shape index (κ3) is 4.07. The molecule has 0 saturated heterocycles. The van der Waals surface area contributed by atoms with E-state index >= 15 is 0 Å². The van der Waals surface area contributed by atoms with Gasteiger partial charge in [-0.2, -0.15) is 0 Å². The van der Waals surface area contributed by atoms with Crippen molar-refractivity contribution in [1.29, 1.82) is 0 Å². The Bertz CT molecular complexity index is 1460. The smallest absolute Gasteiger partial charge is 0.434 e. The summed E-state index contributed by atoms with van der Waals surface area (Å²) in [7, 11) is -3.95. The Hall–Kier alpha value is -3.50. The summed E-state index contributed by atoms with van der Waals surface area (Å²) in [5.41, 5.74) is 0.392. The SMILES string of the molecule is CCOC(=O)Oc1c[nH]c2c(=O)[nH]c3ccc(S(=O)(=O)Nc4ccc(Cl)cc4)cc3c12. The fourth-order valence-corrected chi connectivity index (χ4v) is 4.30. The molecule has 0 unspecified atom stereocenters. The number of nitrogens with one attached hydrogen (secondary N) is 3. The molecule has 0 bridgehead atoms.